The summed E-state index contributed by atoms with van der Waals surface area (Å²) in [5.74, 6) is 0. The Balaban J connectivity index is 3.02. The van der Waals surface area contributed by atoms with Gasteiger partial charge in [0.15, 0.2) is 0 Å². The maximum atomic E-state index is 5.06. The summed E-state index contributed by atoms with van der Waals surface area (Å²) < 4.78 is 0. The molecule has 0 saturated heterocycles. The summed E-state index contributed by atoms with van der Waals surface area (Å²) in [5.41, 5.74) is -0.190. The summed E-state index contributed by atoms with van der Waals surface area (Å²) >= 11 is 0. The molecule has 0 heterocycles. The average Bonchev–Trinajstić information content (AvgIpc) is 1.85. The second kappa shape index (κ2) is 5.56. The van der Waals surface area contributed by atoms with Gasteiger partial charge < -0.3 is 0 Å². The molecule has 0 unspecified atom stereocenters. The SMILES string of the molecule is [CH2]CCCCOOC(C)(C)C. The van der Waals surface area contributed by atoms with Crippen LogP contribution < -0.4 is 0 Å². The molecule has 0 saturated carbocycles. The van der Waals surface area contributed by atoms with Crippen molar-refractivity contribution in [2.75, 3.05) is 6.61 Å². The van der Waals surface area contributed by atoms with Crippen molar-refractivity contribution in [1.82, 2.24) is 0 Å². The molecule has 0 amide bonds. The molecule has 0 aliphatic rings. The monoisotopic (exact) mass is 159 g/mol. The van der Waals surface area contributed by atoms with Crippen molar-refractivity contribution in [2.45, 2.75) is 45.6 Å². The molecule has 0 N–H and O–H groups in total. The van der Waals surface area contributed by atoms with Gasteiger partial charge in [-0.15, -0.1) is 0 Å². The fourth-order valence-electron chi connectivity index (χ4n) is 0.556. The van der Waals surface area contributed by atoms with E-state index in [0.717, 1.165) is 19.3 Å². The molecule has 11 heavy (non-hydrogen) atoms. The van der Waals surface area contributed by atoms with Crippen LogP contribution in [0.15, 0.2) is 0 Å². The van der Waals surface area contributed by atoms with Crippen LogP contribution in [0.3, 0.4) is 0 Å². The standard InChI is InChI=1S/C9H19O2/c1-5-6-7-8-10-11-9(2,3)4/h1,5-8H2,2-4H3. The lowest BCUT2D eigenvalue weighted by atomic mass is 10.2. The highest BCUT2D eigenvalue weighted by Crippen LogP contribution is 2.07. The topological polar surface area (TPSA) is 18.5 Å². The molecule has 0 rings (SSSR count). The fourth-order valence-corrected chi connectivity index (χ4v) is 0.556. The van der Waals surface area contributed by atoms with Gasteiger partial charge in [-0.3, -0.25) is 0 Å². The number of unbranched alkanes of at least 4 members (excludes halogenated alkanes) is 2. The molecular weight excluding hydrogens is 140 g/mol. The van der Waals surface area contributed by atoms with Crippen LogP contribution in [0.4, 0.5) is 0 Å². The Kier molecular flexibility index (Phi) is 5.51. The smallest absolute Gasteiger partial charge is 0.0952 e. The van der Waals surface area contributed by atoms with Crippen LogP contribution >= 0.6 is 0 Å². The molecule has 0 aromatic rings. The van der Waals surface area contributed by atoms with Crippen LogP contribution in [0.1, 0.15) is 40.0 Å². The Morgan fingerprint density at radius 2 is 1.82 bits per heavy atom. The molecule has 0 aliphatic carbocycles. The van der Waals surface area contributed by atoms with Gasteiger partial charge in [0.25, 0.3) is 0 Å². The third-order valence-corrected chi connectivity index (χ3v) is 1.04. The maximum Gasteiger partial charge on any atom is 0.0952 e. The normalized spacial score (nSPS) is 12.0. The predicted octanol–water partition coefficient (Wildman–Crippen LogP) is 2.74. The van der Waals surface area contributed by atoms with E-state index in [2.05, 4.69) is 6.92 Å². The van der Waals surface area contributed by atoms with Gasteiger partial charge in [0.2, 0.25) is 0 Å². The number of hydrogen-bond acceptors (Lipinski definition) is 2. The highest BCUT2D eigenvalue weighted by molar-refractivity contribution is 4.54. The van der Waals surface area contributed by atoms with Gasteiger partial charge in [0.1, 0.15) is 0 Å². The Bertz CT molecular complexity index is 84.1. The van der Waals surface area contributed by atoms with E-state index in [9.17, 15) is 0 Å². The van der Waals surface area contributed by atoms with E-state index >= 15 is 0 Å². The summed E-state index contributed by atoms with van der Waals surface area (Å²) in [7, 11) is 0. The van der Waals surface area contributed by atoms with Crippen LogP contribution in [0.25, 0.3) is 0 Å². The minimum atomic E-state index is -0.190. The predicted molar refractivity (Wildman–Crippen MR) is 46.0 cm³/mol. The first-order chi connectivity index (χ1) is 5.06. The van der Waals surface area contributed by atoms with E-state index in [1.165, 1.54) is 0 Å². The fraction of sp³-hybridized carbons (Fsp3) is 0.889. The maximum absolute atomic E-state index is 5.06. The van der Waals surface area contributed by atoms with Crippen molar-refractivity contribution in [3.63, 3.8) is 0 Å². The Morgan fingerprint density at radius 1 is 1.18 bits per heavy atom. The summed E-state index contributed by atoms with van der Waals surface area (Å²) in [6, 6.07) is 0. The summed E-state index contributed by atoms with van der Waals surface area (Å²) in [5, 5.41) is 0. The van der Waals surface area contributed by atoms with Gasteiger partial charge >= 0.3 is 0 Å². The van der Waals surface area contributed by atoms with Gasteiger partial charge in [0, 0.05) is 0 Å². The van der Waals surface area contributed by atoms with Crippen LogP contribution in [0.5, 0.6) is 0 Å². The second-order valence-electron chi connectivity index (χ2n) is 3.58. The number of rotatable bonds is 5. The zero-order valence-electron chi connectivity index (χ0n) is 7.85. The minimum Gasteiger partial charge on any atom is -0.236 e. The van der Waals surface area contributed by atoms with E-state index in [4.69, 9.17) is 9.78 Å². The third-order valence-electron chi connectivity index (χ3n) is 1.04. The lowest BCUT2D eigenvalue weighted by Gasteiger charge is -2.17. The van der Waals surface area contributed by atoms with E-state index in [1.54, 1.807) is 0 Å². The van der Waals surface area contributed by atoms with Gasteiger partial charge in [-0.05, 0) is 27.2 Å². The average molecular weight is 159 g/mol. The van der Waals surface area contributed by atoms with Gasteiger partial charge in [0.05, 0.1) is 12.2 Å². The number of hydrogen-bond donors (Lipinski definition) is 0. The van der Waals surface area contributed by atoms with Crippen molar-refractivity contribution in [1.29, 1.82) is 0 Å². The minimum absolute atomic E-state index is 0.190. The van der Waals surface area contributed by atoms with E-state index < -0.39 is 0 Å². The van der Waals surface area contributed by atoms with E-state index in [1.807, 2.05) is 20.8 Å². The van der Waals surface area contributed by atoms with Crippen LogP contribution in [-0.4, -0.2) is 12.2 Å². The second-order valence-corrected chi connectivity index (χ2v) is 3.58. The summed E-state index contributed by atoms with van der Waals surface area (Å²) in [6.07, 6.45) is 3.10. The van der Waals surface area contributed by atoms with Gasteiger partial charge in [-0.2, -0.15) is 0 Å². The molecule has 1 radical (unpaired) electrons. The molecule has 0 aliphatic heterocycles. The zero-order chi connectivity index (χ0) is 8.74. The largest absolute Gasteiger partial charge is 0.236 e. The van der Waals surface area contributed by atoms with Crippen LogP contribution in [0, 0.1) is 6.92 Å². The molecule has 0 spiro atoms. The first kappa shape index (κ1) is 10.9. The zero-order valence-corrected chi connectivity index (χ0v) is 7.85. The van der Waals surface area contributed by atoms with Crippen LogP contribution in [-0.2, 0) is 9.78 Å². The van der Waals surface area contributed by atoms with Crippen molar-refractivity contribution in [2.24, 2.45) is 0 Å². The lowest BCUT2D eigenvalue weighted by molar-refractivity contribution is -0.348. The van der Waals surface area contributed by atoms with E-state index in [0.29, 0.717) is 6.61 Å². The third kappa shape index (κ3) is 9.92. The highest BCUT2D eigenvalue weighted by Gasteiger charge is 2.10. The van der Waals surface area contributed by atoms with Gasteiger partial charge in [-0.1, -0.05) is 19.8 Å². The van der Waals surface area contributed by atoms with Gasteiger partial charge in [-0.25, -0.2) is 9.78 Å². The van der Waals surface area contributed by atoms with Crippen molar-refractivity contribution >= 4 is 0 Å². The molecule has 0 bridgehead atoms. The van der Waals surface area contributed by atoms with Crippen LogP contribution in [0.2, 0.25) is 0 Å². The lowest BCUT2D eigenvalue weighted by Crippen LogP contribution is -2.19. The molecule has 0 aromatic heterocycles. The molecule has 2 nitrogen and oxygen atoms in total. The molecular formula is C9H19O2. The van der Waals surface area contributed by atoms with Crippen molar-refractivity contribution in [3.8, 4) is 0 Å². The first-order valence-corrected chi connectivity index (χ1v) is 4.16. The Hall–Kier alpha value is -0.0800. The van der Waals surface area contributed by atoms with E-state index in [-0.39, 0.29) is 5.60 Å². The Morgan fingerprint density at radius 3 is 2.27 bits per heavy atom. The molecule has 0 fully saturated rings. The summed E-state index contributed by atoms with van der Waals surface area (Å²) in [4.78, 5) is 10.0. The molecule has 2 heteroatoms. The molecule has 0 aromatic carbocycles. The molecule has 67 valence electrons. The quantitative estimate of drug-likeness (QED) is 0.349. The Labute approximate surface area is 69.8 Å². The summed E-state index contributed by atoms with van der Waals surface area (Å²) in [6.45, 7) is 10.3. The van der Waals surface area contributed by atoms with Crippen molar-refractivity contribution in [3.05, 3.63) is 6.92 Å². The molecule has 0 atom stereocenters. The van der Waals surface area contributed by atoms with Crippen molar-refractivity contribution < 1.29 is 9.78 Å². The first-order valence-electron chi connectivity index (χ1n) is 4.16. The highest BCUT2D eigenvalue weighted by atomic mass is 17.2.